The number of nitrogens with zero attached hydrogens (tertiary/aromatic N) is 3. The van der Waals surface area contributed by atoms with Crippen molar-refractivity contribution in [3.05, 3.63) is 75.7 Å². The number of carbonyl (C=O) groups excluding carboxylic acids is 1. The smallest absolute Gasteiger partial charge is 0.265 e. The lowest BCUT2D eigenvalue weighted by Crippen LogP contribution is -2.49. The Hall–Kier alpha value is -2.99. The van der Waals surface area contributed by atoms with Gasteiger partial charge >= 0.3 is 0 Å². The minimum absolute atomic E-state index is 0.0559. The number of fused-ring (bicyclic) bond motifs is 1. The molecule has 1 fully saturated rings. The predicted octanol–water partition coefficient (Wildman–Crippen LogP) is 3.00. The molecule has 1 amide bonds. The van der Waals surface area contributed by atoms with Crippen molar-refractivity contribution in [3.63, 3.8) is 0 Å². The highest BCUT2D eigenvalue weighted by atomic mass is 16.5. The molecule has 1 saturated heterocycles. The summed E-state index contributed by atoms with van der Waals surface area (Å²) < 4.78 is 7.33. The number of aryl methyl sites for hydroxylation is 1. The first-order valence-corrected chi connectivity index (χ1v) is 9.91. The zero-order valence-corrected chi connectivity index (χ0v) is 17.0. The monoisotopic (exact) mass is 391 g/mol. The number of morpholine rings is 1. The molecule has 150 valence electrons. The number of hydrogen-bond acceptors (Lipinski definition) is 4. The number of benzene rings is 1. The van der Waals surface area contributed by atoms with Gasteiger partial charge in [0, 0.05) is 24.7 Å². The molecule has 1 aliphatic heterocycles. The molecular weight excluding hydrogens is 366 g/mol. The summed E-state index contributed by atoms with van der Waals surface area (Å²) in [6.07, 6.45) is 1.56. The second-order valence-electron chi connectivity index (χ2n) is 7.82. The Bertz CT molecular complexity index is 1090. The Morgan fingerprint density at radius 2 is 1.83 bits per heavy atom. The van der Waals surface area contributed by atoms with Crippen molar-refractivity contribution in [1.82, 2.24) is 14.5 Å². The lowest BCUT2D eigenvalue weighted by molar-refractivity contribution is -0.0586. The first-order chi connectivity index (χ1) is 13.9. The minimum atomic E-state index is -0.312. The van der Waals surface area contributed by atoms with E-state index in [1.807, 2.05) is 57.2 Å². The molecule has 0 aliphatic carbocycles. The van der Waals surface area contributed by atoms with Crippen LogP contribution in [0.5, 0.6) is 0 Å². The molecule has 0 spiro atoms. The van der Waals surface area contributed by atoms with Gasteiger partial charge in [0.2, 0.25) is 0 Å². The number of carbonyl (C=O) groups is 1. The summed E-state index contributed by atoms with van der Waals surface area (Å²) in [6.45, 7) is 7.23. The van der Waals surface area contributed by atoms with Gasteiger partial charge < -0.3 is 9.64 Å². The minimum Gasteiger partial charge on any atom is -0.372 e. The quantitative estimate of drug-likeness (QED) is 0.689. The summed E-state index contributed by atoms with van der Waals surface area (Å²) >= 11 is 0. The Morgan fingerprint density at radius 3 is 2.52 bits per heavy atom. The summed E-state index contributed by atoms with van der Waals surface area (Å²) in [6, 6.07) is 13.4. The van der Waals surface area contributed by atoms with E-state index in [2.05, 4.69) is 4.98 Å². The van der Waals surface area contributed by atoms with Crippen LogP contribution in [0.4, 0.5) is 0 Å². The SMILES string of the molecule is Cc1ccc(Cn2c(=O)c(C(=O)N3CC(C)OC(C)C3)cc3cccnc32)cc1. The molecule has 3 heterocycles. The van der Waals surface area contributed by atoms with Gasteiger partial charge in [0.1, 0.15) is 11.2 Å². The van der Waals surface area contributed by atoms with E-state index in [9.17, 15) is 9.59 Å². The van der Waals surface area contributed by atoms with E-state index in [4.69, 9.17) is 4.74 Å². The van der Waals surface area contributed by atoms with Crippen LogP contribution in [0.3, 0.4) is 0 Å². The Kier molecular flexibility index (Phi) is 5.20. The van der Waals surface area contributed by atoms with Crippen LogP contribution in [-0.4, -0.2) is 45.7 Å². The topological polar surface area (TPSA) is 64.4 Å². The Labute approximate surface area is 169 Å². The molecule has 0 bridgehead atoms. The van der Waals surface area contributed by atoms with Crippen molar-refractivity contribution >= 4 is 16.9 Å². The molecule has 1 aromatic carbocycles. The summed E-state index contributed by atoms with van der Waals surface area (Å²) in [5.41, 5.74) is 2.59. The van der Waals surface area contributed by atoms with E-state index in [1.54, 1.807) is 21.7 Å². The van der Waals surface area contributed by atoms with Crippen LogP contribution in [0.2, 0.25) is 0 Å². The summed E-state index contributed by atoms with van der Waals surface area (Å²) in [5, 5.41) is 0.775. The molecule has 2 aromatic heterocycles. The van der Waals surface area contributed by atoms with Gasteiger partial charge in [-0.25, -0.2) is 4.98 Å². The van der Waals surface area contributed by atoms with Crippen LogP contribution < -0.4 is 5.56 Å². The molecular formula is C23H25N3O3. The highest BCUT2D eigenvalue weighted by molar-refractivity contribution is 5.97. The lowest BCUT2D eigenvalue weighted by atomic mass is 10.1. The maximum absolute atomic E-state index is 13.3. The second-order valence-corrected chi connectivity index (χ2v) is 7.82. The highest BCUT2D eigenvalue weighted by Crippen LogP contribution is 2.17. The van der Waals surface area contributed by atoms with E-state index < -0.39 is 0 Å². The zero-order valence-electron chi connectivity index (χ0n) is 17.0. The largest absolute Gasteiger partial charge is 0.372 e. The fraction of sp³-hybridized carbons (Fsp3) is 0.348. The van der Waals surface area contributed by atoms with Gasteiger partial charge in [0.05, 0.1) is 18.8 Å². The molecule has 3 aromatic rings. The van der Waals surface area contributed by atoms with Crippen molar-refractivity contribution in [2.75, 3.05) is 13.1 Å². The van der Waals surface area contributed by atoms with Crippen LogP contribution >= 0.6 is 0 Å². The van der Waals surface area contributed by atoms with Gasteiger partial charge in [-0.15, -0.1) is 0 Å². The van der Waals surface area contributed by atoms with Gasteiger partial charge in [0.15, 0.2) is 0 Å². The first kappa shape index (κ1) is 19.3. The number of pyridine rings is 2. The highest BCUT2D eigenvalue weighted by Gasteiger charge is 2.29. The zero-order chi connectivity index (χ0) is 20.5. The third-order valence-corrected chi connectivity index (χ3v) is 5.25. The number of aromatic nitrogens is 2. The normalized spacial score (nSPS) is 19.5. The van der Waals surface area contributed by atoms with Crippen LogP contribution in [-0.2, 0) is 11.3 Å². The molecule has 2 atom stereocenters. The summed E-state index contributed by atoms with van der Waals surface area (Å²) in [7, 11) is 0. The molecule has 1 aliphatic rings. The van der Waals surface area contributed by atoms with Crippen LogP contribution in [0, 0.1) is 6.92 Å². The van der Waals surface area contributed by atoms with E-state index >= 15 is 0 Å². The summed E-state index contributed by atoms with van der Waals surface area (Å²) in [4.78, 5) is 32.7. The third kappa shape index (κ3) is 3.93. The van der Waals surface area contributed by atoms with Crippen molar-refractivity contribution in [2.24, 2.45) is 0 Å². The van der Waals surface area contributed by atoms with Crippen molar-refractivity contribution in [1.29, 1.82) is 0 Å². The molecule has 29 heavy (non-hydrogen) atoms. The maximum atomic E-state index is 13.3. The van der Waals surface area contributed by atoms with E-state index in [0.717, 1.165) is 16.5 Å². The van der Waals surface area contributed by atoms with Crippen molar-refractivity contribution in [2.45, 2.75) is 39.5 Å². The first-order valence-electron chi connectivity index (χ1n) is 9.91. The van der Waals surface area contributed by atoms with Gasteiger partial charge in [-0.3, -0.25) is 14.2 Å². The standard InChI is InChI=1S/C23H25N3O3/c1-15-6-8-18(9-7-15)14-26-21-19(5-4-10-24-21)11-20(23(26)28)22(27)25-12-16(2)29-17(3)13-25/h4-11,16-17H,12-14H2,1-3H3. The van der Waals surface area contributed by atoms with E-state index in [1.165, 1.54) is 0 Å². The number of amides is 1. The van der Waals surface area contributed by atoms with Crippen molar-refractivity contribution in [3.8, 4) is 0 Å². The van der Waals surface area contributed by atoms with Crippen LogP contribution in [0.1, 0.15) is 35.3 Å². The molecule has 2 unspecified atom stereocenters. The fourth-order valence-corrected chi connectivity index (χ4v) is 3.90. The molecule has 4 rings (SSSR count). The van der Waals surface area contributed by atoms with Gasteiger partial charge in [0.25, 0.3) is 11.5 Å². The molecule has 6 heteroatoms. The van der Waals surface area contributed by atoms with Crippen LogP contribution in [0.25, 0.3) is 11.0 Å². The number of ether oxygens (including phenoxy) is 1. The molecule has 0 N–H and O–H groups in total. The second kappa shape index (κ2) is 7.79. The third-order valence-electron chi connectivity index (χ3n) is 5.25. The summed E-state index contributed by atoms with van der Waals surface area (Å²) in [5.74, 6) is -0.250. The lowest BCUT2D eigenvalue weighted by Gasteiger charge is -2.35. The number of hydrogen-bond donors (Lipinski definition) is 0. The van der Waals surface area contributed by atoms with Crippen molar-refractivity contribution < 1.29 is 9.53 Å². The molecule has 0 saturated carbocycles. The average Bonchev–Trinajstić information content (AvgIpc) is 2.70. The maximum Gasteiger partial charge on any atom is 0.265 e. The predicted molar refractivity (Wildman–Crippen MR) is 112 cm³/mol. The van der Waals surface area contributed by atoms with Crippen LogP contribution in [0.15, 0.2) is 53.5 Å². The van der Waals surface area contributed by atoms with E-state index in [-0.39, 0.29) is 29.2 Å². The number of rotatable bonds is 3. The fourth-order valence-electron chi connectivity index (χ4n) is 3.90. The Balaban J connectivity index is 1.79. The van der Waals surface area contributed by atoms with Gasteiger partial charge in [-0.1, -0.05) is 29.8 Å². The van der Waals surface area contributed by atoms with Gasteiger partial charge in [-0.05, 0) is 44.5 Å². The Morgan fingerprint density at radius 1 is 1.14 bits per heavy atom. The molecule has 6 nitrogen and oxygen atoms in total. The van der Waals surface area contributed by atoms with Gasteiger partial charge in [-0.2, -0.15) is 0 Å². The van der Waals surface area contributed by atoms with E-state index in [0.29, 0.717) is 25.3 Å². The average molecular weight is 391 g/mol. The molecule has 0 radical (unpaired) electrons.